The quantitative estimate of drug-likeness (QED) is 0.372. The predicted octanol–water partition coefficient (Wildman–Crippen LogP) is 4.06. The second-order valence-electron chi connectivity index (χ2n) is 10.5. The number of nitrogens with one attached hydrogen (secondary N) is 2. The number of benzene rings is 1. The van der Waals surface area contributed by atoms with E-state index in [0.29, 0.717) is 36.2 Å². The van der Waals surface area contributed by atoms with Gasteiger partial charge in [-0.05, 0) is 74.6 Å². The molecule has 3 heterocycles. The average molecular weight is 518 g/mol. The number of rotatable bonds is 7. The van der Waals surface area contributed by atoms with E-state index in [4.69, 9.17) is 10.1 Å². The van der Waals surface area contributed by atoms with Crippen LogP contribution < -0.4 is 15.5 Å². The molecular formula is C29H35N5O4. The molecule has 2 fully saturated rings. The van der Waals surface area contributed by atoms with Gasteiger partial charge in [0.2, 0.25) is 0 Å². The molecule has 0 radical (unpaired) electrons. The van der Waals surface area contributed by atoms with Gasteiger partial charge in [0.25, 0.3) is 5.91 Å². The van der Waals surface area contributed by atoms with E-state index in [-0.39, 0.29) is 12.0 Å². The van der Waals surface area contributed by atoms with Crippen molar-refractivity contribution in [3.8, 4) is 11.3 Å². The van der Waals surface area contributed by atoms with Gasteiger partial charge in [0, 0.05) is 43.3 Å². The lowest BCUT2D eigenvalue weighted by Gasteiger charge is -2.30. The standard InChI is InChI=1S/C29H35N5O4/c35-22-11-13-34(14-12-22)27-10-9-21(18-30-27)26-15-24(23-3-1-2-4-25(23)33-26)28(36)31-16-19-5-7-20(8-6-19)17-32-29(37)38/h1-4,9-10,15,18-20,22,32,35H,5-8,11-14,16-17H2,(H,31,36)(H,37,38). The van der Waals surface area contributed by atoms with Crippen LogP contribution in [-0.2, 0) is 0 Å². The lowest BCUT2D eigenvalue weighted by atomic mass is 9.82. The second-order valence-corrected chi connectivity index (χ2v) is 10.5. The van der Waals surface area contributed by atoms with E-state index in [1.165, 1.54) is 0 Å². The molecule has 1 aliphatic carbocycles. The second kappa shape index (κ2) is 11.8. The minimum atomic E-state index is -0.974. The monoisotopic (exact) mass is 517 g/mol. The summed E-state index contributed by atoms with van der Waals surface area (Å²) in [6.45, 7) is 2.67. The number of pyridine rings is 2. The molecule has 4 N–H and O–H groups in total. The molecule has 38 heavy (non-hydrogen) atoms. The Bertz CT molecular complexity index is 1270. The molecule has 2 amide bonds. The molecule has 3 aromatic rings. The van der Waals surface area contributed by atoms with Gasteiger partial charge in [-0.1, -0.05) is 18.2 Å². The first-order chi connectivity index (χ1) is 18.5. The first-order valence-electron chi connectivity index (χ1n) is 13.5. The molecule has 5 rings (SSSR count). The Morgan fingerprint density at radius 2 is 1.61 bits per heavy atom. The van der Waals surface area contributed by atoms with Crippen LogP contribution in [0.1, 0.15) is 48.9 Å². The average Bonchev–Trinajstić information content (AvgIpc) is 2.95. The number of carboxylic acid groups (broad SMARTS) is 1. The van der Waals surface area contributed by atoms with Crippen LogP contribution in [0, 0.1) is 11.8 Å². The molecule has 9 nitrogen and oxygen atoms in total. The fourth-order valence-corrected chi connectivity index (χ4v) is 5.53. The molecule has 1 saturated heterocycles. The van der Waals surface area contributed by atoms with E-state index < -0.39 is 6.09 Å². The highest BCUT2D eigenvalue weighted by atomic mass is 16.4. The Balaban J connectivity index is 1.27. The van der Waals surface area contributed by atoms with Crippen LogP contribution in [0.15, 0.2) is 48.7 Å². The normalized spacial score (nSPS) is 20.3. The molecule has 1 aliphatic heterocycles. The number of piperidine rings is 1. The minimum absolute atomic E-state index is 0.115. The SMILES string of the molecule is O=C(O)NCC1CCC(CNC(=O)c2cc(-c3ccc(N4CCC(O)CC4)nc3)nc3ccccc23)CC1. The molecular weight excluding hydrogens is 482 g/mol. The van der Waals surface area contributed by atoms with Crippen molar-refractivity contribution < 1.29 is 19.8 Å². The molecule has 0 atom stereocenters. The third-order valence-electron chi connectivity index (χ3n) is 7.85. The zero-order chi connectivity index (χ0) is 26.5. The lowest BCUT2D eigenvalue weighted by Crippen LogP contribution is -2.36. The Morgan fingerprint density at radius 1 is 0.921 bits per heavy atom. The fourth-order valence-electron chi connectivity index (χ4n) is 5.53. The predicted molar refractivity (Wildman–Crippen MR) is 146 cm³/mol. The number of hydrogen-bond acceptors (Lipinski definition) is 6. The van der Waals surface area contributed by atoms with Crippen molar-refractivity contribution in [2.75, 3.05) is 31.1 Å². The maximum atomic E-state index is 13.4. The number of carbonyl (C=O) groups excluding carboxylic acids is 1. The topological polar surface area (TPSA) is 128 Å². The van der Waals surface area contributed by atoms with Crippen LogP contribution in [0.3, 0.4) is 0 Å². The summed E-state index contributed by atoms with van der Waals surface area (Å²) in [6.07, 6.45) is 5.97. The number of hydrogen-bond donors (Lipinski definition) is 4. The molecule has 0 unspecified atom stereocenters. The van der Waals surface area contributed by atoms with E-state index in [2.05, 4.69) is 20.5 Å². The van der Waals surface area contributed by atoms with Crippen LogP contribution in [0.4, 0.5) is 10.6 Å². The van der Waals surface area contributed by atoms with Crippen molar-refractivity contribution in [3.05, 3.63) is 54.2 Å². The van der Waals surface area contributed by atoms with Gasteiger partial charge in [0.05, 0.1) is 22.9 Å². The zero-order valence-electron chi connectivity index (χ0n) is 21.5. The van der Waals surface area contributed by atoms with Crippen molar-refractivity contribution in [2.45, 2.75) is 44.6 Å². The minimum Gasteiger partial charge on any atom is -0.465 e. The summed E-state index contributed by atoms with van der Waals surface area (Å²) in [5.74, 6) is 1.52. The summed E-state index contributed by atoms with van der Waals surface area (Å²) >= 11 is 0. The van der Waals surface area contributed by atoms with E-state index in [9.17, 15) is 14.7 Å². The zero-order valence-corrected chi connectivity index (χ0v) is 21.5. The van der Waals surface area contributed by atoms with Crippen LogP contribution in [-0.4, -0.2) is 64.5 Å². The highest BCUT2D eigenvalue weighted by Crippen LogP contribution is 2.29. The molecule has 9 heteroatoms. The van der Waals surface area contributed by atoms with Crippen LogP contribution in [0.5, 0.6) is 0 Å². The van der Waals surface area contributed by atoms with Gasteiger partial charge in [0.1, 0.15) is 5.82 Å². The Morgan fingerprint density at radius 3 is 2.26 bits per heavy atom. The van der Waals surface area contributed by atoms with Crippen LogP contribution in [0.25, 0.3) is 22.2 Å². The summed E-state index contributed by atoms with van der Waals surface area (Å²) < 4.78 is 0. The summed E-state index contributed by atoms with van der Waals surface area (Å²) in [5.41, 5.74) is 2.90. The largest absolute Gasteiger partial charge is 0.465 e. The summed E-state index contributed by atoms with van der Waals surface area (Å²) in [6, 6.07) is 13.5. The number of aliphatic hydroxyl groups is 1. The molecule has 200 valence electrons. The number of amides is 2. The highest BCUT2D eigenvalue weighted by Gasteiger charge is 2.23. The Kier molecular flexibility index (Phi) is 8.03. The van der Waals surface area contributed by atoms with Gasteiger partial charge >= 0.3 is 6.09 Å². The molecule has 1 saturated carbocycles. The highest BCUT2D eigenvalue weighted by molar-refractivity contribution is 6.07. The van der Waals surface area contributed by atoms with Crippen molar-refractivity contribution in [1.29, 1.82) is 0 Å². The summed E-state index contributed by atoms with van der Waals surface area (Å²) in [7, 11) is 0. The number of para-hydroxylation sites is 1. The van der Waals surface area contributed by atoms with Gasteiger partial charge in [-0.3, -0.25) is 4.79 Å². The van der Waals surface area contributed by atoms with E-state index in [1.54, 1.807) is 6.20 Å². The first kappa shape index (κ1) is 25.9. The summed E-state index contributed by atoms with van der Waals surface area (Å²) in [5, 5.41) is 25.0. The van der Waals surface area contributed by atoms with Gasteiger partial charge < -0.3 is 25.7 Å². The molecule has 0 spiro atoms. The maximum absolute atomic E-state index is 13.4. The van der Waals surface area contributed by atoms with Crippen molar-refractivity contribution in [2.24, 2.45) is 11.8 Å². The lowest BCUT2D eigenvalue weighted by molar-refractivity contribution is 0.0942. The Hall–Kier alpha value is -3.72. The maximum Gasteiger partial charge on any atom is 0.404 e. The van der Waals surface area contributed by atoms with Crippen molar-refractivity contribution in [3.63, 3.8) is 0 Å². The molecule has 1 aromatic carbocycles. The number of anilines is 1. The third-order valence-corrected chi connectivity index (χ3v) is 7.85. The third kappa shape index (κ3) is 6.22. The van der Waals surface area contributed by atoms with Gasteiger partial charge in [-0.2, -0.15) is 0 Å². The molecule has 0 bridgehead atoms. The van der Waals surface area contributed by atoms with E-state index in [1.807, 2.05) is 42.5 Å². The number of aromatic nitrogens is 2. The van der Waals surface area contributed by atoms with E-state index >= 15 is 0 Å². The van der Waals surface area contributed by atoms with Crippen LogP contribution >= 0.6 is 0 Å². The van der Waals surface area contributed by atoms with Crippen molar-refractivity contribution in [1.82, 2.24) is 20.6 Å². The smallest absolute Gasteiger partial charge is 0.404 e. The van der Waals surface area contributed by atoms with E-state index in [0.717, 1.165) is 73.9 Å². The number of aliphatic hydroxyl groups excluding tert-OH is 1. The number of fused-ring (bicyclic) bond motifs is 1. The number of nitrogens with zero attached hydrogens (tertiary/aromatic N) is 3. The van der Waals surface area contributed by atoms with Crippen LogP contribution in [0.2, 0.25) is 0 Å². The fraction of sp³-hybridized carbons (Fsp3) is 0.448. The molecule has 2 aliphatic rings. The Labute approximate surface area is 222 Å². The van der Waals surface area contributed by atoms with Gasteiger partial charge in [0.15, 0.2) is 0 Å². The van der Waals surface area contributed by atoms with Gasteiger partial charge in [-0.25, -0.2) is 14.8 Å². The van der Waals surface area contributed by atoms with Crippen molar-refractivity contribution >= 4 is 28.7 Å². The number of carbonyl (C=O) groups is 2. The van der Waals surface area contributed by atoms with Gasteiger partial charge in [-0.15, -0.1) is 0 Å². The summed E-state index contributed by atoms with van der Waals surface area (Å²) in [4.78, 5) is 35.7. The first-order valence-corrected chi connectivity index (χ1v) is 13.5. The molecule has 2 aromatic heterocycles.